The molecule has 3 aromatic rings. The average molecular weight is 395 g/mol. The standard InChI is InChI=1S/C20H22FN7O/c1-13-6-7-15(12-16(13)21)25-20(29)23-11-10-22-17-8-9-19(28-27-17)26-18-5-3-4-14(2)24-18/h3-9,12H,10-11H2,1-2H3,(H,22,27)(H2,23,25,29)(H,24,26,28). The number of amides is 2. The molecule has 0 aliphatic carbocycles. The topological polar surface area (TPSA) is 104 Å². The van der Waals surface area contributed by atoms with Crippen LogP contribution in [0.1, 0.15) is 11.3 Å². The zero-order chi connectivity index (χ0) is 20.6. The summed E-state index contributed by atoms with van der Waals surface area (Å²) in [6, 6.07) is 13.4. The fourth-order valence-corrected chi connectivity index (χ4v) is 2.45. The van der Waals surface area contributed by atoms with Crippen molar-refractivity contribution in [2.75, 3.05) is 29.0 Å². The summed E-state index contributed by atoms with van der Waals surface area (Å²) in [5.41, 5.74) is 1.83. The summed E-state index contributed by atoms with van der Waals surface area (Å²) in [7, 11) is 0. The average Bonchev–Trinajstić information content (AvgIpc) is 2.69. The molecule has 3 rings (SSSR count). The van der Waals surface area contributed by atoms with E-state index in [1.807, 2.05) is 25.1 Å². The summed E-state index contributed by atoms with van der Waals surface area (Å²) in [4.78, 5) is 16.2. The second kappa shape index (κ2) is 9.45. The van der Waals surface area contributed by atoms with Crippen LogP contribution in [-0.2, 0) is 0 Å². The van der Waals surface area contributed by atoms with Crippen molar-refractivity contribution in [3.63, 3.8) is 0 Å². The van der Waals surface area contributed by atoms with E-state index in [1.54, 1.807) is 31.2 Å². The number of hydrogen-bond acceptors (Lipinski definition) is 6. The van der Waals surface area contributed by atoms with Crippen molar-refractivity contribution in [2.45, 2.75) is 13.8 Å². The molecule has 2 heterocycles. The third-order valence-corrected chi connectivity index (χ3v) is 3.96. The fraction of sp³-hybridized carbons (Fsp3) is 0.200. The third-order valence-electron chi connectivity index (χ3n) is 3.96. The fourth-order valence-electron chi connectivity index (χ4n) is 2.45. The number of urea groups is 1. The summed E-state index contributed by atoms with van der Waals surface area (Å²) in [6.45, 7) is 4.39. The zero-order valence-corrected chi connectivity index (χ0v) is 16.2. The lowest BCUT2D eigenvalue weighted by molar-refractivity contribution is 0.252. The number of anilines is 4. The Bertz CT molecular complexity index is 979. The third kappa shape index (κ3) is 6.13. The predicted molar refractivity (Wildman–Crippen MR) is 111 cm³/mol. The highest BCUT2D eigenvalue weighted by atomic mass is 19.1. The van der Waals surface area contributed by atoms with Crippen LogP contribution in [0.5, 0.6) is 0 Å². The number of aromatic nitrogens is 3. The molecule has 0 saturated carbocycles. The highest BCUT2D eigenvalue weighted by molar-refractivity contribution is 5.89. The number of nitrogens with zero attached hydrogens (tertiary/aromatic N) is 3. The van der Waals surface area contributed by atoms with Crippen LogP contribution in [-0.4, -0.2) is 34.3 Å². The van der Waals surface area contributed by atoms with Gasteiger partial charge in [0, 0.05) is 24.5 Å². The van der Waals surface area contributed by atoms with Gasteiger partial charge < -0.3 is 21.3 Å². The van der Waals surface area contributed by atoms with Gasteiger partial charge in [-0.05, 0) is 55.8 Å². The molecule has 150 valence electrons. The van der Waals surface area contributed by atoms with E-state index in [0.717, 1.165) is 5.69 Å². The van der Waals surface area contributed by atoms with Gasteiger partial charge in [0.25, 0.3) is 0 Å². The Morgan fingerprint density at radius 1 is 0.966 bits per heavy atom. The first kappa shape index (κ1) is 20.0. The largest absolute Gasteiger partial charge is 0.367 e. The molecule has 1 aromatic carbocycles. The number of carbonyl (C=O) groups is 1. The van der Waals surface area contributed by atoms with E-state index in [2.05, 4.69) is 36.4 Å². The minimum atomic E-state index is -0.411. The zero-order valence-electron chi connectivity index (χ0n) is 16.2. The molecule has 0 aliphatic rings. The second-order valence-corrected chi connectivity index (χ2v) is 6.36. The van der Waals surface area contributed by atoms with E-state index in [-0.39, 0.29) is 5.82 Å². The number of halogens is 1. The van der Waals surface area contributed by atoms with E-state index in [1.165, 1.54) is 6.07 Å². The van der Waals surface area contributed by atoms with Crippen molar-refractivity contribution in [1.82, 2.24) is 20.5 Å². The van der Waals surface area contributed by atoms with Gasteiger partial charge in [0.15, 0.2) is 5.82 Å². The van der Waals surface area contributed by atoms with Crippen molar-refractivity contribution < 1.29 is 9.18 Å². The molecule has 0 saturated heterocycles. The molecular formula is C20H22FN7O. The lowest BCUT2D eigenvalue weighted by atomic mass is 10.2. The molecular weight excluding hydrogens is 373 g/mol. The van der Waals surface area contributed by atoms with Gasteiger partial charge in [-0.1, -0.05) is 12.1 Å². The van der Waals surface area contributed by atoms with Gasteiger partial charge in [0.1, 0.15) is 17.5 Å². The van der Waals surface area contributed by atoms with Crippen LogP contribution in [0.2, 0.25) is 0 Å². The molecule has 9 heteroatoms. The molecule has 0 aliphatic heterocycles. The molecule has 0 spiro atoms. The van der Waals surface area contributed by atoms with Gasteiger partial charge in [-0.3, -0.25) is 0 Å². The molecule has 0 bridgehead atoms. The van der Waals surface area contributed by atoms with Gasteiger partial charge >= 0.3 is 6.03 Å². The first-order valence-corrected chi connectivity index (χ1v) is 9.09. The Morgan fingerprint density at radius 3 is 2.48 bits per heavy atom. The van der Waals surface area contributed by atoms with Crippen LogP contribution >= 0.6 is 0 Å². The van der Waals surface area contributed by atoms with Gasteiger partial charge in [-0.25, -0.2) is 14.2 Å². The first-order valence-electron chi connectivity index (χ1n) is 9.09. The molecule has 0 radical (unpaired) electrons. The van der Waals surface area contributed by atoms with Crippen LogP contribution in [0.15, 0.2) is 48.5 Å². The van der Waals surface area contributed by atoms with Gasteiger partial charge in [-0.2, -0.15) is 0 Å². The van der Waals surface area contributed by atoms with Gasteiger partial charge in [0.2, 0.25) is 0 Å². The SMILES string of the molecule is Cc1cccc(Nc2ccc(NCCNC(=O)Nc3ccc(C)c(F)c3)nn2)n1. The molecule has 2 amide bonds. The van der Waals surface area contributed by atoms with Crippen molar-refractivity contribution in [3.8, 4) is 0 Å². The molecule has 2 aromatic heterocycles. The van der Waals surface area contributed by atoms with Crippen molar-refractivity contribution in [3.05, 3.63) is 65.6 Å². The van der Waals surface area contributed by atoms with E-state index in [0.29, 0.717) is 41.8 Å². The normalized spacial score (nSPS) is 10.3. The molecule has 0 fully saturated rings. The monoisotopic (exact) mass is 395 g/mol. The van der Waals surface area contributed by atoms with Crippen LogP contribution in [0.4, 0.5) is 32.3 Å². The minimum absolute atomic E-state index is 0.356. The Hall–Kier alpha value is -3.75. The van der Waals surface area contributed by atoms with Crippen molar-refractivity contribution in [1.29, 1.82) is 0 Å². The summed E-state index contributed by atoms with van der Waals surface area (Å²) in [6.07, 6.45) is 0. The van der Waals surface area contributed by atoms with Crippen LogP contribution in [0, 0.1) is 19.7 Å². The molecule has 4 N–H and O–H groups in total. The van der Waals surface area contributed by atoms with Crippen LogP contribution < -0.4 is 21.3 Å². The lowest BCUT2D eigenvalue weighted by Crippen LogP contribution is -2.32. The molecule has 29 heavy (non-hydrogen) atoms. The molecule has 0 unspecified atom stereocenters. The number of benzene rings is 1. The smallest absolute Gasteiger partial charge is 0.319 e. The second-order valence-electron chi connectivity index (χ2n) is 6.36. The van der Waals surface area contributed by atoms with Crippen LogP contribution in [0.25, 0.3) is 0 Å². The van der Waals surface area contributed by atoms with E-state index < -0.39 is 6.03 Å². The number of pyridine rings is 1. The number of hydrogen-bond donors (Lipinski definition) is 4. The predicted octanol–water partition coefficient (Wildman–Crippen LogP) is 3.60. The summed E-state index contributed by atoms with van der Waals surface area (Å²) in [5.74, 6) is 1.50. The minimum Gasteiger partial charge on any atom is -0.367 e. The Morgan fingerprint density at radius 2 is 1.76 bits per heavy atom. The maximum Gasteiger partial charge on any atom is 0.319 e. The van der Waals surface area contributed by atoms with E-state index >= 15 is 0 Å². The van der Waals surface area contributed by atoms with Gasteiger partial charge in [0.05, 0.1) is 0 Å². The van der Waals surface area contributed by atoms with E-state index in [4.69, 9.17) is 0 Å². The maximum absolute atomic E-state index is 13.5. The van der Waals surface area contributed by atoms with Crippen molar-refractivity contribution in [2.24, 2.45) is 0 Å². The Labute approximate surface area is 168 Å². The molecule has 0 atom stereocenters. The highest BCUT2D eigenvalue weighted by Gasteiger charge is 2.04. The number of nitrogens with one attached hydrogen (secondary N) is 4. The highest BCUT2D eigenvalue weighted by Crippen LogP contribution is 2.14. The number of rotatable bonds is 7. The van der Waals surface area contributed by atoms with Crippen molar-refractivity contribution >= 4 is 29.2 Å². The number of carbonyl (C=O) groups excluding carboxylic acids is 1. The van der Waals surface area contributed by atoms with E-state index in [9.17, 15) is 9.18 Å². The first-order chi connectivity index (χ1) is 14.0. The summed E-state index contributed by atoms with van der Waals surface area (Å²) in [5, 5.41) is 19.6. The summed E-state index contributed by atoms with van der Waals surface area (Å²) >= 11 is 0. The lowest BCUT2D eigenvalue weighted by Gasteiger charge is -2.10. The Kier molecular flexibility index (Phi) is 6.51. The summed E-state index contributed by atoms with van der Waals surface area (Å²) < 4.78 is 13.5. The Balaban J connectivity index is 1.40. The quantitative estimate of drug-likeness (QED) is 0.456. The number of aryl methyl sites for hydroxylation is 2. The maximum atomic E-state index is 13.5. The van der Waals surface area contributed by atoms with Crippen LogP contribution in [0.3, 0.4) is 0 Å². The molecule has 8 nitrogen and oxygen atoms in total. The van der Waals surface area contributed by atoms with Gasteiger partial charge in [-0.15, -0.1) is 10.2 Å².